The molecule has 8 heteroatoms. The topological polar surface area (TPSA) is 117 Å². The van der Waals surface area contributed by atoms with Gasteiger partial charge in [0.05, 0.1) is 0 Å². The number of carboxylic acid groups (broad SMARTS) is 1. The number of hydrogen-bond donors (Lipinski definition) is 2. The van der Waals surface area contributed by atoms with Crippen molar-refractivity contribution in [1.29, 1.82) is 5.26 Å². The first kappa shape index (κ1) is 15.5. The van der Waals surface area contributed by atoms with E-state index in [1.807, 2.05) is 6.92 Å². The zero-order valence-corrected chi connectivity index (χ0v) is 11.5. The van der Waals surface area contributed by atoms with E-state index in [4.69, 9.17) is 10.4 Å². The van der Waals surface area contributed by atoms with E-state index in [0.29, 0.717) is 12.8 Å². The van der Waals surface area contributed by atoms with Crippen molar-refractivity contribution in [3.63, 3.8) is 0 Å². The van der Waals surface area contributed by atoms with Gasteiger partial charge in [-0.25, -0.2) is 9.59 Å². The number of aliphatic carboxylic acids is 1. The SMILES string of the molecule is CCCC(Nc1c(C#N)c(=O)n(C)c(=O)n1C)C(=O)O. The second-order valence-electron chi connectivity index (χ2n) is 4.37. The van der Waals surface area contributed by atoms with Gasteiger partial charge in [-0.15, -0.1) is 0 Å². The molecule has 2 N–H and O–H groups in total. The van der Waals surface area contributed by atoms with Gasteiger partial charge in [-0.3, -0.25) is 13.9 Å². The zero-order valence-electron chi connectivity index (χ0n) is 11.5. The molecule has 0 radical (unpaired) electrons. The maximum Gasteiger partial charge on any atom is 0.332 e. The van der Waals surface area contributed by atoms with Crippen molar-refractivity contribution in [2.45, 2.75) is 25.8 Å². The van der Waals surface area contributed by atoms with E-state index in [9.17, 15) is 14.4 Å². The van der Waals surface area contributed by atoms with Crippen molar-refractivity contribution in [2.24, 2.45) is 14.1 Å². The van der Waals surface area contributed by atoms with Crippen LogP contribution in [0.1, 0.15) is 25.3 Å². The highest BCUT2D eigenvalue weighted by atomic mass is 16.4. The third kappa shape index (κ3) is 2.71. The highest BCUT2D eigenvalue weighted by Gasteiger charge is 2.22. The molecule has 1 heterocycles. The van der Waals surface area contributed by atoms with E-state index >= 15 is 0 Å². The van der Waals surface area contributed by atoms with Crippen LogP contribution in [0.2, 0.25) is 0 Å². The summed E-state index contributed by atoms with van der Waals surface area (Å²) < 4.78 is 1.87. The van der Waals surface area contributed by atoms with E-state index < -0.39 is 23.3 Å². The predicted octanol–water partition coefficient (Wildman–Crippen LogP) is -0.379. The fourth-order valence-electron chi connectivity index (χ4n) is 1.83. The number of aromatic nitrogens is 2. The summed E-state index contributed by atoms with van der Waals surface area (Å²) in [6.07, 6.45) is 0.911. The Morgan fingerprint density at radius 3 is 2.45 bits per heavy atom. The molecular formula is C12H16N4O4. The molecule has 108 valence electrons. The van der Waals surface area contributed by atoms with Crippen molar-refractivity contribution < 1.29 is 9.90 Å². The number of nitriles is 1. The van der Waals surface area contributed by atoms with Gasteiger partial charge in [-0.05, 0) is 6.42 Å². The summed E-state index contributed by atoms with van der Waals surface area (Å²) in [5, 5.41) is 20.8. The Morgan fingerprint density at radius 2 is 2.00 bits per heavy atom. The summed E-state index contributed by atoms with van der Waals surface area (Å²) in [6.45, 7) is 1.81. The van der Waals surface area contributed by atoms with E-state index in [0.717, 1.165) is 9.13 Å². The quantitative estimate of drug-likeness (QED) is 0.759. The number of hydrogen-bond acceptors (Lipinski definition) is 5. The smallest absolute Gasteiger partial charge is 0.332 e. The van der Waals surface area contributed by atoms with Gasteiger partial charge in [0.2, 0.25) is 0 Å². The van der Waals surface area contributed by atoms with Crippen LogP contribution < -0.4 is 16.6 Å². The minimum Gasteiger partial charge on any atom is -0.480 e. The first-order valence-electron chi connectivity index (χ1n) is 6.04. The maximum absolute atomic E-state index is 11.8. The molecule has 0 aliphatic rings. The van der Waals surface area contributed by atoms with Gasteiger partial charge in [-0.2, -0.15) is 5.26 Å². The van der Waals surface area contributed by atoms with Crippen LogP contribution >= 0.6 is 0 Å². The average Bonchev–Trinajstić information content (AvgIpc) is 2.41. The Balaban J connectivity index is 3.46. The third-order valence-corrected chi connectivity index (χ3v) is 2.96. The number of rotatable bonds is 5. The van der Waals surface area contributed by atoms with Crippen LogP contribution in [-0.4, -0.2) is 26.3 Å². The molecule has 20 heavy (non-hydrogen) atoms. The molecule has 0 aliphatic heterocycles. The van der Waals surface area contributed by atoms with E-state index in [1.165, 1.54) is 14.1 Å². The normalized spacial score (nSPS) is 11.7. The van der Waals surface area contributed by atoms with E-state index in [1.54, 1.807) is 6.07 Å². The summed E-state index contributed by atoms with van der Waals surface area (Å²) in [7, 11) is 2.63. The minimum absolute atomic E-state index is 0.0681. The Morgan fingerprint density at radius 1 is 1.40 bits per heavy atom. The molecule has 0 amide bonds. The summed E-state index contributed by atoms with van der Waals surface area (Å²) >= 11 is 0. The fourth-order valence-corrected chi connectivity index (χ4v) is 1.83. The Labute approximate surface area is 114 Å². The van der Waals surface area contributed by atoms with E-state index in [-0.39, 0.29) is 11.4 Å². The Hall–Kier alpha value is -2.56. The van der Waals surface area contributed by atoms with Crippen molar-refractivity contribution in [3.05, 3.63) is 26.4 Å². The first-order chi connectivity index (χ1) is 9.34. The number of nitrogens with zero attached hydrogens (tertiary/aromatic N) is 3. The molecule has 0 spiro atoms. The molecule has 1 aromatic rings. The van der Waals surface area contributed by atoms with Gasteiger partial charge in [0.1, 0.15) is 17.9 Å². The number of carbonyl (C=O) groups is 1. The van der Waals surface area contributed by atoms with Gasteiger partial charge >= 0.3 is 11.7 Å². The standard InChI is InChI=1S/C12H16N4O4/c1-4-5-8(11(18)19)14-9-7(6-13)10(17)16(3)12(20)15(9)2/h8,14H,4-5H2,1-3H3,(H,18,19). The Bertz CT molecular complexity index is 680. The Kier molecular flexibility index (Phi) is 4.69. The maximum atomic E-state index is 11.8. The van der Waals surface area contributed by atoms with Crippen LogP contribution in [0.25, 0.3) is 0 Å². The minimum atomic E-state index is -1.11. The van der Waals surface area contributed by atoms with Crippen molar-refractivity contribution in [2.75, 3.05) is 5.32 Å². The van der Waals surface area contributed by atoms with Gasteiger partial charge in [0, 0.05) is 14.1 Å². The monoisotopic (exact) mass is 280 g/mol. The van der Waals surface area contributed by atoms with Crippen LogP contribution in [0.5, 0.6) is 0 Å². The zero-order chi connectivity index (χ0) is 15.4. The summed E-state index contributed by atoms with van der Waals surface area (Å²) in [6, 6.07) is 0.743. The van der Waals surface area contributed by atoms with Crippen LogP contribution in [0.3, 0.4) is 0 Å². The average molecular weight is 280 g/mol. The summed E-state index contributed by atoms with van der Waals surface area (Å²) in [4.78, 5) is 34.8. The number of anilines is 1. The molecule has 1 rings (SSSR count). The van der Waals surface area contributed by atoms with E-state index in [2.05, 4.69) is 5.32 Å². The van der Waals surface area contributed by atoms with Crippen LogP contribution in [0.15, 0.2) is 9.59 Å². The summed E-state index contributed by atoms with van der Waals surface area (Å²) in [5.74, 6) is -1.18. The second kappa shape index (κ2) is 6.06. The molecule has 0 bridgehead atoms. The summed E-state index contributed by atoms with van der Waals surface area (Å²) in [5.41, 5.74) is -1.66. The molecule has 0 aromatic carbocycles. The van der Waals surface area contributed by atoms with Crippen LogP contribution in [-0.2, 0) is 18.9 Å². The lowest BCUT2D eigenvalue weighted by Crippen LogP contribution is -2.42. The van der Waals surface area contributed by atoms with Crippen LogP contribution in [0.4, 0.5) is 5.82 Å². The van der Waals surface area contributed by atoms with Crippen molar-refractivity contribution in [1.82, 2.24) is 9.13 Å². The van der Waals surface area contributed by atoms with Gasteiger partial charge < -0.3 is 10.4 Å². The van der Waals surface area contributed by atoms with Gasteiger partial charge in [0.25, 0.3) is 5.56 Å². The van der Waals surface area contributed by atoms with Crippen LogP contribution in [0, 0.1) is 11.3 Å². The molecule has 0 fully saturated rings. The lowest BCUT2D eigenvalue weighted by atomic mass is 10.1. The highest BCUT2D eigenvalue weighted by molar-refractivity contribution is 5.77. The third-order valence-electron chi connectivity index (χ3n) is 2.96. The molecule has 8 nitrogen and oxygen atoms in total. The molecule has 0 saturated carbocycles. The largest absolute Gasteiger partial charge is 0.480 e. The molecule has 1 aromatic heterocycles. The van der Waals surface area contributed by atoms with Crippen molar-refractivity contribution in [3.8, 4) is 6.07 Å². The molecule has 1 atom stereocenters. The lowest BCUT2D eigenvalue weighted by Gasteiger charge is -2.18. The first-order valence-corrected chi connectivity index (χ1v) is 6.04. The van der Waals surface area contributed by atoms with Crippen molar-refractivity contribution >= 4 is 11.8 Å². The van der Waals surface area contributed by atoms with Gasteiger partial charge in [-0.1, -0.05) is 13.3 Å². The number of carboxylic acids is 1. The molecular weight excluding hydrogens is 264 g/mol. The molecule has 0 aliphatic carbocycles. The second-order valence-corrected chi connectivity index (χ2v) is 4.37. The lowest BCUT2D eigenvalue weighted by molar-refractivity contribution is -0.138. The highest BCUT2D eigenvalue weighted by Crippen LogP contribution is 2.11. The predicted molar refractivity (Wildman–Crippen MR) is 71.6 cm³/mol. The van der Waals surface area contributed by atoms with Gasteiger partial charge in [0.15, 0.2) is 5.56 Å². The molecule has 0 saturated heterocycles. The fraction of sp³-hybridized carbons (Fsp3) is 0.500. The molecule has 1 unspecified atom stereocenters. The number of nitrogens with one attached hydrogen (secondary N) is 1.